The molecule has 100 valence electrons. The highest BCUT2D eigenvalue weighted by atomic mass is 32.2. The van der Waals surface area contributed by atoms with Gasteiger partial charge in [-0.25, -0.2) is 23.1 Å². The number of carboxylic acids is 1. The fourth-order valence-electron chi connectivity index (χ4n) is 1.09. The van der Waals surface area contributed by atoms with Gasteiger partial charge in [-0.2, -0.15) is 0 Å². The minimum atomic E-state index is -4.17. The van der Waals surface area contributed by atoms with Gasteiger partial charge in [0.2, 0.25) is 10.0 Å². The Kier molecular flexibility index (Phi) is 4.43. The SMILES string of the molecule is CCCOC(=O)c1sc(C(=O)O)cc1S(N)(=O)=O. The van der Waals surface area contributed by atoms with Gasteiger partial charge in [0.05, 0.1) is 6.61 Å². The van der Waals surface area contributed by atoms with E-state index in [2.05, 4.69) is 0 Å². The van der Waals surface area contributed by atoms with Crippen molar-refractivity contribution in [3.63, 3.8) is 0 Å². The number of aromatic carboxylic acids is 1. The molecule has 1 heterocycles. The van der Waals surface area contributed by atoms with E-state index < -0.39 is 26.9 Å². The number of thiophene rings is 1. The summed E-state index contributed by atoms with van der Waals surface area (Å²) in [5.74, 6) is -2.22. The van der Waals surface area contributed by atoms with Gasteiger partial charge in [-0.15, -0.1) is 11.3 Å². The number of carbonyl (C=O) groups excluding carboxylic acids is 1. The highest BCUT2D eigenvalue weighted by Crippen LogP contribution is 2.26. The van der Waals surface area contributed by atoms with E-state index >= 15 is 0 Å². The molecule has 0 spiro atoms. The summed E-state index contributed by atoms with van der Waals surface area (Å²) in [6, 6.07) is 0.852. The first-order chi connectivity index (χ1) is 8.27. The van der Waals surface area contributed by atoms with Crippen LogP contribution in [0.15, 0.2) is 11.0 Å². The smallest absolute Gasteiger partial charge is 0.349 e. The van der Waals surface area contributed by atoms with Crippen LogP contribution < -0.4 is 5.14 Å². The van der Waals surface area contributed by atoms with Crippen molar-refractivity contribution >= 4 is 33.3 Å². The lowest BCUT2D eigenvalue weighted by atomic mass is 10.4. The molecular weight excluding hydrogens is 282 g/mol. The van der Waals surface area contributed by atoms with E-state index in [1.54, 1.807) is 6.92 Å². The zero-order chi connectivity index (χ0) is 13.9. The predicted molar refractivity (Wildman–Crippen MR) is 63.2 cm³/mol. The van der Waals surface area contributed by atoms with Crippen LogP contribution in [0.1, 0.15) is 32.7 Å². The van der Waals surface area contributed by atoms with Crippen LogP contribution >= 0.6 is 11.3 Å². The van der Waals surface area contributed by atoms with Crippen molar-refractivity contribution in [2.24, 2.45) is 5.14 Å². The molecule has 0 bridgehead atoms. The van der Waals surface area contributed by atoms with Crippen LogP contribution in [0, 0.1) is 0 Å². The minimum Gasteiger partial charge on any atom is -0.477 e. The van der Waals surface area contributed by atoms with Crippen molar-refractivity contribution in [2.75, 3.05) is 6.61 Å². The van der Waals surface area contributed by atoms with Crippen molar-refractivity contribution in [2.45, 2.75) is 18.2 Å². The molecular formula is C9H11NO6S2. The molecule has 0 atom stereocenters. The van der Waals surface area contributed by atoms with Gasteiger partial charge >= 0.3 is 11.9 Å². The zero-order valence-corrected chi connectivity index (χ0v) is 11.0. The van der Waals surface area contributed by atoms with Crippen molar-refractivity contribution in [1.29, 1.82) is 0 Å². The highest BCUT2D eigenvalue weighted by Gasteiger charge is 2.26. The third-order valence-corrected chi connectivity index (χ3v) is 4.01. The molecule has 7 nitrogen and oxygen atoms in total. The predicted octanol–water partition coefficient (Wildman–Crippen LogP) is 0.661. The van der Waals surface area contributed by atoms with Crippen LogP contribution in [0.3, 0.4) is 0 Å². The topological polar surface area (TPSA) is 124 Å². The number of sulfonamides is 1. The number of hydrogen-bond acceptors (Lipinski definition) is 6. The van der Waals surface area contributed by atoms with E-state index in [9.17, 15) is 18.0 Å². The van der Waals surface area contributed by atoms with E-state index in [0.717, 1.165) is 6.07 Å². The van der Waals surface area contributed by atoms with E-state index in [4.69, 9.17) is 15.0 Å². The van der Waals surface area contributed by atoms with E-state index in [1.165, 1.54) is 0 Å². The maximum atomic E-state index is 11.6. The fourth-order valence-corrected chi connectivity index (χ4v) is 3.05. The monoisotopic (exact) mass is 293 g/mol. The lowest BCUT2D eigenvalue weighted by Gasteiger charge is -2.02. The van der Waals surface area contributed by atoms with Crippen LogP contribution in [0.2, 0.25) is 0 Å². The Morgan fingerprint density at radius 2 is 2.11 bits per heavy atom. The Balaban J connectivity index is 3.24. The summed E-state index contributed by atoms with van der Waals surface area (Å²) in [7, 11) is -4.17. The summed E-state index contributed by atoms with van der Waals surface area (Å²) in [5.41, 5.74) is 0. The summed E-state index contributed by atoms with van der Waals surface area (Å²) < 4.78 is 27.3. The molecule has 0 aliphatic rings. The fraction of sp³-hybridized carbons (Fsp3) is 0.333. The Labute approximate surface area is 107 Å². The first-order valence-corrected chi connectivity index (χ1v) is 7.20. The molecule has 0 aliphatic heterocycles. The second kappa shape index (κ2) is 5.46. The molecule has 1 aromatic heterocycles. The molecule has 3 N–H and O–H groups in total. The van der Waals surface area contributed by atoms with Crippen molar-refractivity contribution < 1.29 is 27.9 Å². The Bertz CT molecular complexity index is 574. The molecule has 0 amide bonds. The molecule has 0 saturated heterocycles. The van der Waals surface area contributed by atoms with Gasteiger partial charge in [-0.05, 0) is 12.5 Å². The van der Waals surface area contributed by atoms with Gasteiger partial charge in [0.1, 0.15) is 14.6 Å². The number of esters is 1. The van der Waals surface area contributed by atoms with Gasteiger partial charge < -0.3 is 9.84 Å². The first kappa shape index (κ1) is 14.6. The Morgan fingerprint density at radius 3 is 2.56 bits per heavy atom. The van der Waals surface area contributed by atoms with Crippen LogP contribution in [-0.2, 0) is 14.8 Å². The number of rotatable bonds is 5. The molecule has 1 aromatic rings. The average Bonchev–Trinajstić information content (AvgIpc) is 2.70. The summed E-state index contributed by atoms with van der Waals surface area (Å²) in [5, 5.41) is 13.7. The first-order valence-electron chi connectivity index (χ1n) is 4.84. The molecule has 0 saturated carbocycles. The van der Waals surface area contributed by atoms with E-state index in [0.29, 0.717) is 17.8 Å². The maximum absolute atomic E-state index is 11.6. The van der Waals surface area contributed by atoms with Gasteiger partial charge in [-0.3, -0.25) is 0 Å². The summed E-state index contributed by atoms with van der Waals surface area (Å²) >= 11 is 0.520. The van der Waals surface area contributed by atoms with Gasteiger partial charge in [-0.1, -0.05) is 6.92 Å². The third-order valence-electron chi connectivity index (χ3n) is 1.84. The second-order valence-electron chi connectivity index (χ2n) is 3.29. The van der Waals surface area contributed by atoms with Gasteiger partial charge in [0, 0.05) is 0 Å². The molecule has 0 fully saturated rings. The summed E-state index contributed by atoms with van der Waals surface area (Å²) in [6.07, 6.45) is 0.563. The second-order valence-corrected chi connectivity index (χ2v) is 5.87. The molecule has 9 heteroatoms. The minimum absolute atomic E-state index is 0.114. The van der Waals surface area contributed by atoms with Crippen molar-refractivity contribution in [3.8, 4) is 0 Å². The summed E-state index contributed by atoms with van der Waals surface area (Å²) in [4.78, 5) is 21.2. The lowest BCUT2D eigenvalue weighted by molar-refractivity contribution is 0.0506. The van der Waals surface area contributed by atoms with E-state index in [-0.39, 0.29) is 16.4 Å². The highest BCUT2D eigenvalue weighted by molar-refractivity contribution is 7.89. The average molecular weight is 293 g/mol. The number of carbonyl (C=O) groups is 2. The zero-order valence-electron chi connectivity index (χ0n) is 9.37. The number of primary sulfonamides is 1. The van der Waals surface area contributed by atoms with Gasteiger partial charge in [0.25, 0.3) is 0 Å². The largest absolute Gasteiger partial charge is 0.477 e. The molecule has 18 heavy (non-hydrogen) atoms. The normalized spacial score (nSPS) is 11.2. The number of hydrogen-bond donors (Lipinski definition) is 2. The molecule has 0 unspecified atom stereocenters. The number of nitrogens with two attached hydrogens (primary N) is 1. The van der Waals surface area contributed by atoms with Gasteiger partial charge in [0.15, 0.2) is 0 Å². The molecule has 0 aliphatic carbocycles. The summed E-state index contributed by atoms with van der Waals surface area (Å²) in [6.45, 7) is 1.88. The number of ether oxygens (including phenoxy) is 1. The van der Waals surface area contributed by atoms with Crippen LogP contribution in [0.4, 0.5) is 0 Å². The van der Waals surface area contributed by atoms with Crippen LogP contribution in [-0.4, -0.2) is 32.1 Å². The standard InChI is InChI=1S/C9H11NO6S2/c1-2-3-16-9(13)7-6(18(10,14)15)4-5(17-7)8(11)12/h4H,2-3H2,1H3,(H,11,12)(H2,10,14,15). The Morgan fingerprint density at radius 1 is 1.50 bits per heavy atom. The lowest BCUT2D eigenvalue weighted by Crippen LogP contribution is -2.16. The molecule has 0 radical (unpaired) electrons. The Hall–Kier alpha value is -1.45. The van der Waals surface area contributed by atoms with E-state index in [1.807, 2.05) is 0 Å². The van der Waals surface area contributed by atoms with Crippen molar-refractivity contribution in [1.82, 2.24) is 0 Å². The third kappa shape index (κ3) is 3.28. The quantitative estimate of drug-likeness (QED) is 0.768. The van der Waals surface area contributed by atoms with Crippen molar-refractivity contribution in [3.05, 3.63) is 15.8 Å². The molecule has 1 rings (SSSR count). The van der Waals surface area contributed by atoms with Crippen LogP contribution in [0.5, 0.6) is 0 Å². The number of carboxylic acid groups (broad SMARTS) is 1. The molecule has 0 aromatic carbocycles. The van der Waals surface area contributed by atoms with Crippen LogP contribution in [0.25, 0.3) is 0 Å². The maximum Gasteiger partial charge on any atom is 0.349 e.